The smallest absolute Gasteiger partial charge is 0.258 e. The molecule has 0 fully saturated rings. The van der Waals surface area contributed by atoms with Gasteiger partial charge in [-0.1, -0.05) is 6.07 Å². The van der Waals surface area contributed by atoms with Gasteiger partial charge in [-0.2, -0.15) is 0 Å². The normalized spacial score (nSPS) is 11.1. The molecule has 0 spiro atoms. The highest BCUT2D eigenvalue weighted by atomic mass is 32.2. The van der Waals surface area contributed by atoms with Crippen LogP contribution in [0.15, 0.2) is 46.2 Å². The zero-order valence-electron chi connectivity index (χ0n) is 12.8. The van der Waals surface area contributed by atoms with E-state index in [9.17, 15) is 4.79 Å². The fraction of sp³-hybridized carbons (Fsp3) is 0.176. The summed E-state index contributed by atoms with van der Waals surface area (Å²) in [4.78, 5) is 18.0. The van der Waals surface area contributed by atoms with Gasteiger partial charge in [-0.15, -0.1) is 0 Å². The molecule has 0 amide bonds. The van der Waals surface area contributed by atoms with Crippen LogP contribution in [0.3, 0.4) is 0 Å². The maximum absolute atomic E-state index is 12.8. The lowest BCUT2D eigenvalue weighted by atomic mass is 10.0. The Balaban J connectivity index is 2.35. The number of nitrogens with zero attached hydrogens (tertiary/aromatic N) is 2. The molecule has 22 heavy (non-hydrogen) atoms. The standard InChI is InChI=1S/C17H17N3OS/c1-10-4-5-13(22-18)8-14(10)15-7-12-9-19-11(2)6-16(12)20(3)17(15)21/h4-9H,18H2,1-3H3. The molecule has 3 aromatic rings. The average Bonchev–Trinajstić information content (AvgIpc) is 2.52. The quantitative estimate of drug-likeness (QED) is 0.738. The zero-order valence-corrected chi connectivity index (χ0v) is 13.6. The van der Waals surface area contributed by atoms with Crippen molar-refractivity contribution in [1.29, 1.82) is 0 Å². The second-order valence-corrected chi connectivity index (χ2v) is 6.11. The van der Waals surface area contributed by atoms with Crippen LogP contribution in [0.25, 0.3) is 22.0 Å². The molecule has 1 aromatic carbocycles. The molecule has 0 saturated carbocycles. The summed E-state index contributed by atoms with van der Waals surface area (Å²) in [5, 5.41) is 6.60. The lowest BCUT2D eigenvalue weighted by molar-refractivity contribution is 0.905. The van der Waals surface area contributed by atoms with Gasteiger partial charge in [-0.25, -0.2) is 0 Å². The van der Waals surface area contributed by atoms with Crippen LogP contribution in [0.5, 0.6) is 0 Å². The largest absolute Gasteiger partial charge is 0.311 e. The first kappa shape index (κ1) is 14.8. The number of hydrogen-bond acceptors (Lipinski definition) is 4. The van der Waals surface area contributed by atoms with Crippen molar-refractivity contribution in [3.8, 4) is 11.1 Å². The number of fused-ring (bicyclic) bond motifs is 1. The van der Waals surface area contributed by atoms with Gasteiger partial charge >= 0.3 is 0 Å². The molecule has 0 unspecified atom stereocenters. The molecule has 2 heterocycles. The second-order valence-electron chi connectivity index (χ2n) is 5.40. The van der Waals surface area contributed by atoms with Gasteiger partial charge in [0.05, 0.1) is 5.52 Å². The minimum atomic E-state index is -0.0135. The first-order chi connectivity index (χ1) is 10.5. The monoisotopic (exact) mass is 311 g/mol. The molecule has 0 aliphatic carbocycles. The number of benzene rings is 1. The van der Waals surface area contributed by atoms with E-state index in [-0.39, 0.29) is 5.56 Å². The third-order valence-corrected chi connectivity index (χ3v) is 4.41. The fourth-order valence-electron chi connectivity index (χ4n) is 2.62. The van der Waals surface area contributed by atoms with Gasteiger partial charge < -0.3 is 4.57 Å². The highest BCUT2D eigenvalue weighted by molar-refractivity contribution is 7.97. The molecule has 2 aromatic heterocycles. The Morgan fingerprint density at radius 3 is 2.64 bits per heavy atom. The van der Waals surface area contributed by atoms with E-state index in [0.717, 1.165) is 32.6 Å². The molecule has 0 saturated heterocycles. The van der Waals surface area contributed by atoms with Crippen molar-refractivity contribution in [2.75, 3.05) is 0 Å². The van der Waals surface area contributed by atoms with E-state index in [1.807, 2.05) is 50.4 Å². The molecular formula is C17H17N3OS. The Morgan fingerprint density at radius 2 is 1.91 bits per heavy atom. The first-order valence-corrected chi connectivity index (χ1v) is 7.83. The van der Waals surface area contributed by atoms with Crippen molar-refractivity contribution in [1.82, 2.24) is 9.55 Å². The highest BCUT2D eigenvalue weighted by Crippen LogP contribution is 2.27. The number of pyridine rings is 2. The summed E-state index contributed by atoms with van der Waals surface area (Å²) in [6.45, 7) is 3.92. The third kappa shape index (κ3) is 2.42. The highest BCUT2D eigenvalue weighted by Gasteiger charge is 2.12. The van der Waals surface area contributed by atoms with Gasteiger partial charge in [0.25, 0.3) is 5.56 Å². The molecule has 2 N–H and O–H groups in total. The van der Waals surface area contributed by atoms with Gasteiger partial charge in [0.15, 0.2) is 0 Å². The van der Waals surface area contributed by atoms with Gasteiger partial charge in [0, 0.05) is 34.8 Å². The maximum atomic E-state index is 12.8. The van der Waals surface area contributed by atoms with Crippen LogP contribution in [-0.2, 0) is 7.05 Å². The minimum Gasteiger partial charge on any atom is -0.311 e. The maximum Gasteiger partial charge on any atom is 0.258 e. The summed E-state index contributed by atoms with van der Waals surface area (Å²) in [5.74, 6) is 0. The SMILES string of the molecule is Cc1cc2c(cn1)cc(-c1cc(SN)ccc1C)c(=O)n2C. The van der Waals surface area contributed by atoms with Crippen molar-refractivity contribution in [2.24, 2.45) is 12.2 Å². The van der Waals surface area contributed by atoms with E-state index in [1.165, 1.54) is 11.9 Å². The minimum absolute atomic E-state index is 0.0135. The molecule has 0 aliphatic rings. The Hall–Kier alpha value is -2.11. The van der Waals surface area contributed by atoms with E-state index >= 15 is 0 Å². The topological polar surface area (TPSA) is 60.9 Å². The molecule has 0 radical (unpaired) electrons. The van der Waals surface area contributed by atoms with Crippen LogP contribution in [0.2, 0.25) is 0 Å². The second kappa shape index (κ2) is 5.59. The van der Waals surface area contributed by atoms with Crippen molar-refractivity contribution in [3.05, 3.63) is 58.1 Å². The van der Waals surface area contributed by atoms with Crippen LogP contribution < -0.4 is 10.7 Å². The molecule has 0 aliphatic heterocycles. The molecule has 3 rings (SSSR count). The number of rotatable bonds is 2. The molecule has 112 valence electrons. The van der Waals surface area contributed by atoms with Gasteiger partial charge in [0.1, 0.15) is 0 Å². The summed E-state index contributed by atoms with van der Waals surface area (Å²) in [6.07, 6.45) is 1.81. The van der Waals surface area contributed by atoms with Crippen molar-refractivity contribution >= 4 is 22.9 Å². The third-order valence-electron chi connectivity index (χ3n) is 3.88. The van der Waals surface area contributed by atoms with E-state index in [2.05, 4.69) is 4.98 Å². The first-order valence-electron chi connectivity index (χ1n) is 6.95. The lowest BCUT2D eigenvalue weighted by Gasteiger charge is -2.12. The Labute approximate surface area is 133 Å². The van der Waals surface area contributed by atoms with E-state index in [1.54, 1.807) is 11.6 Å². The molecule has 4 nitrogen and oxygen atoms in total. The number of hydrogen-bond donors (Lipinski definition) is 1. The van der Waals surface area contributed by atoms with E-state index in [0.29, 0.717) is 5.56 Å². The van der Waals surface area contributed by atoms with E-state index in [4.69, 9.17) is 5.14 Å². The van der Waals surface area contributed by atoms with Crippen LogP contribution in [0, 0.1) is 13.8 Å². The molecular weight excluding hydrogens is 294 g/mol. The summed E-state index contributed by atoms with van der Waals surface area (Å²) >= 11 is 1.18. The van der Waals surface area contributed by atoms with Crippen LogP contribution in [0.1, 0.15) is 11.3 Å². The summed E-state index contributed by atoms with van der Waals surface area (Å²) in [7, 11) is 1.80. The lowest BCUT2D eigenvalue weighted by Crippen LogP contribution is -2.19. The number of aryl methyl sites for hydroxylation is 3. The Morgan fingerprint density at radius 1 is 1.14 bits per heavy atom. The van der Waals surface area contributed by atoms with Gasteiger partial charge in [0.2, 0.25) is 0 Å². The van der Waals surface area contributed by atoms with Crippen molar-refractivity contribution < 1.29 is 0 Å². The fourth-order valence-corrected chi connectivity index (χ4v) is 2.96. The average molecular weight is 311 g/mol. The predicted octanol–water partition coefficient (Wildman–Crippen LogP) is 3.18. The van der Waals surface area contributed by atoms with Gasteiger partial charge in [-0.05, 0) is 61.2 Å². The van der Waals surface area contributed by atoms with Crippen LogP contribution in [-0.4, -0.2) is 9.55 Å². The molecule has 0 atom stereocenters. The van der Waals surface area contributed by atoms with E-state index < -0.39 is 0 Å². The van der Waals surface area contributed by atoms with Crippen LogP contribution >= 0.6 is 11.9 Å². The summed E-state index contributed by atoms with van der Waals surface area (Å²) in [6, 6.07) is 9.75. The number of nitrogens with two attached hydrogens (primary N) is 1. The molecule has 0 bridgehead atoms. The Bertz CT molecular complexity index is 931. The van der Waals surface area contributed by atoms with Crippen LogP contribution in [0.4, 0.5) is 0 Å². The zero-order chi connectivity index (χ0) is 15.9. The summed E-state index contributed by atoms with van der Waals surface area (Å²) in [5.41, 5.74) is 4.42. The van der Waals surface area contributed by atoms with Gasteiger partial charge in [-0.3, -0.25) is 14.9 Å². The number of aromatic nitrogens is 2. The predicted molar refractivity (Wildman–Crippen MR) is 91.9 cm³/mol. The Kier molecular flexibility index (Phi) is 3.76. The van der Waals surface area contributed by atoms with Crippen molar-refractivity contribution in [2.45, 2.75) is 18.7 Å². The van der Waals surface area contributed by atoms with Crippen molar-refractivity contribution in [3.63, 3.8) is 0 Å². The summed E-state index contributed by atoms with van der Waals surface area (Å²) < 4.78 is 1.68. The molecule has 5 heteroatoms.